The summed E-state index contributed by atoms with van der Waals surface area (Å²) in [5.41, 5.74) is 0.853. The molecule has 4 nitrogen and oxygen atoms in total. The van der Waals surface area contributed by atoms with Crippen molar-refractivity contribution in [3.63, 3.8) is 0 Å². The number of para-hydroxylation sites is 1. The summed E-state index contributed by atoms with van der Waals surface area (Å²) < 4.78 is 0. The highest BCUT2D eigenvalue weighted by Crippen LogP contribution is 2.30. The molecule has 112 valence electrons. The monoisotopic (exact) mass is 286 g/mol. The van der Waals surface area contributed by atoms with Crippen molar-refractivity contribution in [1.29, 1.82) is 0 Å². The van der Waals surface area contributed by atoms with Crippen LogP contribution in [0.3, 0.4) is 0 Å². The number of anilines is 1. The van der Waals surface area contributed by atoms with Gasteiger partial charge in [-0.2, -0.15) is 0 Å². The van der Waals surface area contributed by atoms with Crippen LogP contribution >= 0.6 is 0 Å². The standard InChI is InChI=1S/C17H22N2O2/c20-16(12-6-7-12)19-15-10-8-13(9-11-15)17(21)18-14-4-2-1-3-5-14/h1-5,12-13,15H,6-11H2,(H,18,21)(H,19,20). The molecular weight excluding hydrogens is 264 g/mol. The van der Waals surface area contributed by atoms with Gasteiger partial charge in [-0.3, -0.25) is 9.59 Å². The van der Waals surface area contributed by atoms with Crippen LogP contribution in [-0.2, 0) is 9.59 Å². The SMILES string of the molecule is O=C(Nc1ccccc1)C1CCC(NC(=O)C2CC2)CC1. The largest absolute Gasteiger partial charge is 0.353 e. The Morgan fingerprint density at radius 2 is 1.38 bits per heavy atom. The van der Waals surface area contributed by atoms with Crippen molar-refractivity contribution < 1.29 is 9.59 Å². The molecule has 0 heterocycles. The van der Waals surface area contributed by atoms with Crippen molar-refractivity contribution in [3.8, 4) is 0 Å². The Morgan fingerprint density at radius 3 is 2.00 bits per heavy atom. The number of hydrogen-bond donors (Lipinski definition) is 2. The molecule has 2 fully saturated rings. The van der Waals surface area contributed by atoms with Gasteiger partial charge in [0.2, 0.25) is 11.8 Å². The highest BCUT2D eigenvalue weighted by atomic mass is 16.2. The number of nitrogens with one attached hydrogen (secondary N) is 2. The van der Waals surface area contributed by atoms with Gasteiger partial charge in [0.15, 0.2) is 0 Å². The number of rotatable bonds is 4. The molecule has 0 bridgehead atoms. The Bertz CT molecular complexity index is 503. The van der Waals surface area contributed by atoms with E-state index in [2.05, 4.69) is 10.6 Å². The van der Waals surface area contributed by atoms with Crippen LogP contribution in [0.1, 0.15) is 38.5 Å². The molecule has 21 heavy (non-hydrogen) atoms. The quantitative estimate of drug-likeness (QED) is 0.894. The summed E-state index contributed by atoms with van der Waals surface area (Å²) in [6.07, 6.45) is 5.61. The summed E-state index contributed by atoms with van der Waals surface area (Å²) in [6.45, 7) is 0. The van der Waals surface area contributed by atoms with Crippen LogP contribution in [0, 0.1) is 11.8 Å². The molecule has 1 aromatic carbocycles. The highest BCUT2D eigenvalue weighted by Gasteiger charge is 2.33. The van der Waals surface area contributed by atoms with Gasteiger partial charge in [0.1, 0.15) is 0 Å². The lowest BCUT2D eigenvalue weighted by Gasteiger charge is -2.28. The lowest BCUT2D eigenvalue weighted by atomic mass is 9.85. The Kier molecular flexibility index (Phi) is 4.23. The molecule has 0 saturated heterocycles. The second-order valence-electron chi connectivity index (χ2n) is 6.19. The third kappa shape index (κ3) is 3.84. The van der Waals surface area contributed by atoms with E-state index in [1.165, 1.54) is 0 Å². The van der Waals surface area contributed by atoms with Crippen LogP contribution in [0.25, 0.3) is 0 Å². The lowest BCUT2D eigenvalue weighted by molar-refractivity contribution is -0.123. The fourth-order valence-electron chi connectivity index (χ4n) is 2.93. The molecule has 0 aliphatic heterocycles. The molecule has 0 radical (unpaired) electrons. The molecule has 2 aliphatic rings. The number of carbonyl (C=O) groups is 2. The first-order chi connectivity index (χ1) is 10.2. The van der Waals surface area contributed by atoms with Crippen molar-refractivity contribution in [3.05, 3.63) is 30.3 Å². The number of hydrogen-bond acceptors (Lipinski definition) is 2. The van der Waals surface area contributed by atoms with Crippen LogP contribution < -0.4 is 10.6 Å². The molecule has 3 rings (SSSR count). The Hall–Kier alpha value is -1.84. The van der Waals surface area contributed by atoms with Crippen molar-refractivity contribution in [2.24, 2.45) is 11.8 Å². The van der Waals surface area contributed by atoms with Gasteiger partial charge in [-0.05, 0) is 50.7 Å². The summed E-state index contributed by atoms with van der Waals surface area (Å²) in [5, 5.41) is 6.09. The van der Waals surface area contributed by atoms with Crippen molar-refractivity contribution in [2.45, 2.75) is 44.6 Å². The fourth-order valence-corrected chi connectivity index (χ4v) is 2.93. The van der Waals surface area contributed by atoms with Crippen molar-refractivity contribution in [2.75, 3.05) is 5.32 Å². The minimum Gasteiger partial charge on any atom is -0.353 e. The number of amides is 2. The summed E-state index contributed by atoms with van der Waals surface area (Å²) in [5.74, 6) is 0.656. The predicted molar refractivity (Wildman–Crippen MR) is 81.7 cm³/mol. The Labute approximate surface area is 125 Å². The van der Waals surface area contributed by atoms with Gasteiger partial charge in [-0.25, -0.2) is 0 Å². The molecule has 0 atom stereocenters. The highest BCUT2D eigenvalue weighted by molar-refractivity contribution is 5.92. The fraction of sp³-hybridized carbons (Fsp3) is 0.529. The van der Waals surface area contributed by atoms with Gasteiger partial charge in [0.05, 0.1) is 0 Å². The topological polar surface area (TPSA) is 58.2 Å². The second kappa shape index (κ2) is 6.29. The van der Waals surface area contributed by atoms with Crippen LogP contribution in [0.5, 0.6) is 0 Å². The van der Waals surface area contributed by atoms with Crippen LogP contribution in [-0.4, -0.2) is 17.9 Å². The second-order valence-corrected chi connectivity index (χ2v) is 6.19. The van der Waals surface area contributed by atoms with E-state index in [9.17, 15) is 9.59 Å². The number of carbonyl (C=O) groups excluding carboxylic acids is 2. The van der Waals surface area contributed by atoms with E-state index < -0.39 is 0 Å². The summed E-state index contributed by atoms with van der Waals surface area (Å²) >= 11 is 0. The van der Waals surface area contributed by atoms with Gasteiger partial charge < -0.3 is 10.6 Å². The summed E-state index contributed by atoms with van der Waals surface area (Å²) in [6, 6.07) is 9.83. The Balaban J connectivity index is 1.44. The molecule has 0 spiro atoms. The third-order valence-electron chi connectivity index (χ3n) is 4.43. The predicted octanol–water partition coefficient (Wildman–Crippen LogP) is 2.71. The van der Waals surface area contributed by atoms with Gasteiger partial charge in [-0.1, -0.05) is 18.2 Å². The molecule has 2 amide bonds. The van der Waals surface area contributed by atoms with E-state index in [1.54, 1.807) is 0 Å². The molecule has 2 N–H and O–H groups in total. The first-order valence-corrected chi connectivity index (χ1v) is 7.88. The van der Waals surface area contributed by atoms with Gasteiger partial charge in [-0.15, -0.1) is 0 Å². The maximum atomic E-state index is 12.2. The first kappa shape index (κ1) is 14.1. The average molecular weight is 286 g/mol. The van der Waals surface area contributed by atoms with Gasteiger partial charge >= 0.3 is 0 Å². The van der Waals surface area contributed by atoms with Crippen LogP contribution in [0.15, 0.2) is 30.3 Å². The molecule has 0 unspecified atom stereocenters. The molecule has 1 aromatic rings. The third-order valence-corrected chi connectivity index (χ3v) is 4.43. The van der Waals surface area contributed by atoms with E-state index in [4.69, 9.17) is 0 Å². The molecule has 2 saturated carbocycles. The minimum absolute atomic E-state index is 0.0688. The summed E-state index contributed by atoms with van der Waals surface area (Å²) in [4.78, 5) is 24.0. The van der Waals surface area contributed by atoms with E-state index in [1.807, 2.05) is 30.3 Å². The normalized spacial score (nSPS) is 25.1. The maximum absolute atomic E-state index is 12.2. The molecule has 0 aromatic heterocycles. The molecule has 2 aliphatic carbocycles. The van der Waals surface area contributed by atoms with Crippen molar-refractivity contribution >= 4 is 17.5 Å². The maximum Gasteiger partial charge on any atom is 0.227 e. The smallest absolute Gasteiger partial charge is 0.227 e. The van der Waals surface area contributed by atoms with E-state index in [0.717, 1.165) is 44.2 Å². The van der Waals surface area contributed by atoms with Crippen LogP contribution in [0.4, 0.5) is 5.69 Å². The van der Waals surface area contributed by atoms with E-state index >= 15 is 0 Å². The van der Waals surface area contributed by atoms with E-state index in [0.29, 0.717) is 0 Å². The Morgan fingerprint density at radius 1 is 0.810 bits per heavy atom. The minimum atomic E-state index is 0.0688. The van der Waals surface area contributed by atoms with Crippen molar-refractivity contribution in [1.82, 2.24) is 5.32 Å². The van der Waals surface area contributed by atoms with E-state index in [-0.39, 0.29) is 29.7 Å². The average Bonchev–Trinajstić information content (AvgIpc) is 3.33. The zero-order chi connectivity index (χ0) is 14.7. The lowest BCUT2D eigenvalue weighted by Crippen LogP contribution is -2.40. The molecule has 4 heteroatoms. The molecular formula is C17H22N2O2. The summed E-state index contributed by atoms with van der Waals surface area (Å²) in [7, 11) is 0. The zero-order valence-corrected chi connectivity index (χ0v) is 12.2. The number of benzene rings is 1. The van der Waals surface area contributed by atoms with Gasteiger partial charge in [0.25, 0.3) is 0 Å². The van der Waals surface area contributed by atoms with Gasteiger partial charge in [0, 0.05) is 23.6 Å². The zero-order valence-electron chi connectivity index (χ0n) is 12.2. The van der Waals surface area contributed by atoms with Crippen LogP contribution in [0.2, 0.25) is 0 Å². The first-order valence-electron chi connectivity index (χ1n) is 7.88.